The molecule has 0 spiro atoms. The SMILES string of the molecule is CC(c1cccc(Cl)c1)N(C)C(=O)CBr. The van der Waals surface area contributed by atoms with Gasteiger partial charge in [0.25, 0.3) is 0 Å². The Hall–Kier alpha value is -0.540. The highest BCUT2D eigenvalue weighted by atomic mass is 79.9. The van der Waals surface area contributed by atoms with E-state index in [1.165, 1.54) is 0 Å². The van der Waals surface area contributed by atoms with Gasteiger partial charge in [0.2, 0.25) is 5.91 Å². The molecule has 1 atom stereocenters. The van der Waals surface area contributed by atoms with E-state index in [4.69, 9.17) is 11.6 Å². The van der Waals surface area contributed by atoms with Crippen LogP contribution in [0, 0.1) is 0 Å². The highest BCUT2D eigenvalue weighted by Crippen LogP contribution is 2.21. The van der Waals surface area contributed by atoms with Crippen LogP contribution in [0.4, 0.5) is 0 Å². The van der Waals surface area contributed by atoms with E-state index in [0.29, 0.717) is 10.4 Å². The van der Waals surface area contributed by atoms with Crippen molar-refractivity contribution in [1.29, 1.82) is 0 Å². The third-order valence-corrected chi connectivity index (χ3v) is 3.13. The van der Waals surface area contributed by atoms with E-state index in [1.54, 1.807) is 11.9 Å². The summed E-state index contributed by atoms with van der Waals surface area (Å²) >= 11 is 9.05. The summed E-state index contributed by atoms with van der Waals surface area (Å²) in [5.41, 5.74) is 1.04. The first-order chi connectivity index (χ1) is 7.06. The number of benzene rings is 1. The van der Waals surface area contributed by atoms with E-state index in [9.17, 15) is 4.79 Å². The van der Waals surface area contributed by atoms with Gasteiger partial charge in [0.15, 0.2) is 0 Å². The van der Waals surface area contributed by atoms with Gasteiger partial charge in [-0.2, -0.15) is 0 Å². The number of rotatable bonds is 3. The van der Waals surface area contributed by atoms with Crippen molar-refractivity contribution in [1.82, 2.24) is 4.90 Å². The minimum Gasteiger partial charge on any atom is -0.338 e. The molecule has 4 heteroatoms. The van der Waals surface area contributed by atoms with Crippen molar-refractivity contribution in [2.75, 3.05) is 12.4 Å². The molecule has 1 amide bonds. The molecule has 0 saturated carbocycles. The standard InChI is InChI=1S/C11H13BrClNO/c1-8(14(2)11(15)7-12)9-4-3-5-10(13)6-9/h3-6,8H,7H2,1-2H3. The van der Waals surface area contributed by atoms with Gasteiger partial charge in [-0.3, -0.25) is 4.79 Å². The maximum absolute atomic E-state index is 11.5. The monoisotopic (exact) mass is 289 g/mol. The largest absolute Gasteiger partial charge is 0.338 e. The van der Waals surface area contributed by atoms with Crippen molar-refractivity contribution in [3.05, 3.63) is 34.9 Å². The van der Waals surface area contributed by atoms with Crippen LogP contribution in [0.25, 0.3) is 0 Å². The van der Waals surface area contributed by atoms with E-state index >= 15 is 0 Å². The Morgan fingerprint density at radius 3 is 2.80 bits per heavy atom. The van der Waals surface area contributed by atoms with Gasteiger partial charge in [0.1, 0.15) is 0 Å². The molecule has 0 aliphatic heterocycles. The Bertz CT molecular complexity index is 356. The normalized spacial score (nSPS) is 12.3. The number of carbonyl (C=O) groups excluding carboxylic acids is 1. The molecule has 0 saturated heterocycles. The van der Waals surface area contributed by atoms with Gasteiger partial charge in [0, 0.05) is 12.1 Å². The summed E-state index contributed by atoms with van der Waals surface area (Å²) in [5, 5.41) is 1.04. The maximum atomic E-state index is 11.5. The molecular formula is C11H13BrClNO. The van der Waals surface area contributed by atoms with Crippen LogP contribution >= 0.6 is 27.5 Å². The highest BCUT2D eigenvalue weighted by molar-refractivity contribution is 9.09. The lowest BCUT2D eigenvalue weighted by molar-refractivity contribution is -0.128. The lowest BCUT2D eigenvalue weighted by Crippen LogP contribution is -2.30. The molecule has 0 bridgehead atoms. The number of amides is 1. The molecular weight excluding hydrogens is 277 g/mol. The smallest absolute Gasteiger partial charge is 0.233 e. The average molecular weight is 291 g/mol. The summed E-state index contributed by atoms with van der Waals surface area (Å²) in [5.74, 6) is 0.0578. The number of hydrogen-bond acceptors (Lipinski definition) is 1. The molecule has 0 fully saturated rings. The van der Waals surface area contributed by atoms with Crippen molar-refractivity contribution in [2.45, 2.75) is 13.0 Å². The predicted molar refractivity (Wildman–Crippen MR) is 66.4 cm³/mol. The van der Waals surface area contributed by atoms with Crippen LogP contribution in [0.15, 0.2) is 24.3 Å². The molecule has 1 unspecified atom stereocenters. The van der Waals surface area contributed by atoms with Crippen LogP contribution in [0.2, 0.25) is 5.02 Å². The first-order valence-corrected chi connectivity index (χ1v) is 6.13. The quantitative estimate of drug-likeness (QED) is 0.783. The van der Waals surface area contributed by atoms with E-state index < -0.39 is 0 Å². The van der Waals surface area contributed by atoms with Gasteiger partial charge in [-0.05, 0) is 24.6 Å². The van der Waals surface area contributed by atoms with Gasteiger partial charge >= 0.3 is 0 Å². The Kier molecular flexibility index (Phi) is 4.61. The number of nitrogens with zero attached hydrogens (tertiary/aromatic N) is 1. The van der Waals surface area contributed by atoms with E-state index in [-0.39, 0.29) is 11.9 Å². The first-order valence-electron chi connectivity index (χ1n) is 4.63. The van der Waals surface area contributed by atoms with Crippen molar-refractivity contribution in [3.8, 4) is 0 Å². The fraction of sp³-hybridized carbons (Fsp3) is 0.364. The number of halogens is 2. The summed E-state index contributed by atoms with van der Waals surface area (Å²) in [6.45, 7) is 1.98. The number of alkyl halides is 1. The number of carbonyl (C=O) groups is 1. The van der Waals surface area contributed by atoms with E-state index in [0.717, 1.165) is 5.56 Å². The van der Waals surface area contributed by atoms with Crippen molar-refractivity contribution in [3.63, 3.8) is 0 Å². The molecule has 0 N–H and O–H groups in total. The summed E-state index contributed by atoms with van der Waals surface area (Å²) < 4.78 is 0. The third-order valence-electron chi connectivity index (χ3n) is 2.42. The Balaban J connectivity index is 2.84. The zero-order valence-electron chi connectivity index (χ0n) is 8.71. The highest BCUT2D eigenvalue weighted by Gasteiger charge is 2.16. The second kappa shape index (κ2) is 5.52. The maximum Gasteiger partial charge on any atom is 0.233 e. The lowest BCUT2D eigenvalue weighted by Gasteiger charge is -2.24. The molecule has 0 radical (unpaired) electrons. The van der Waals surface area contributed by atoms with Crippen LogP contribution < -0.4 is 0 Å². The summed E-state index contributed by atoms with van der Waals surface area (Å²) in [6, 6.07) is 7.59. The van der Waals surface area contributed by atoms with Crippen molar-refractivity contribution < 1.29 is 4.79 Å². The molecule has 82 valence electrons. The fourth-order valence-corrected chi connectivity index (χ4v) is 1.89. The topological polar surface area (TPSA) is 20.3 Å². The Labute approximate surface area is 103 Å². The van der Waals surface area contributed by atoms with E-state index in [1.807, 2.05) is 31.2 Å². The minimum atomic E-state index is 0.0359. The average Bonchev–Trinajstić information content (AvgIpc) is 2.26. The molecule has 1 rings (SSSR count). The Morgan fingerprint density at radius 1 is 1.60 bits per heavy atom. The molecule has 0 heterocycles. The van der Waals surface area contributed by atoms with Gasteiger partial charge in [0.05, 0.1) is 11.4 Å². The fourth-order valence-electron chi connectivity index (χ4n) is 1.30. The molecule has 15 heavy (non-hydrogen) atoms. The first kappa shape index (κ1) is 12.5. The van der Waals surface area contributed by atoms with Gasteiger partial charge in [-0.15, -0.1) is 0 Å². The summed E-state index contributed by atoms with van der Waals surface area (Å²) in [7, 11) is 1.79. The predicted octanol–water partition coefficient (Wildman–Crippen LogP) is 3.25. The van der Waals surface area contributed by atoms with Gasteiger partial charge in [-0.25, -0.2) is 0 Å². The third kappa shape index (κ3) is 3.21. The van der Waals surface area contributed by atoms with Crippen molar-refractivity contribution >= 4 is 33.4 Å². The molecule has 1 aromatic rings. The lowest BCUT2D eigenvalue weighted by atomic mass is 10.1. The van der Waals surface area contributed by atoms with Gasteiger partial charge in [-0.1, -0.05) is 39.7 Å². The van der Waals surface area contributed by atoms with Crippen LogP contribution in [0.1, 0.15) is 18.5 Å². The number of hydrogen-bond donors (Lipinski definition) is 0. The second-order valence-corrected chi connectivity index (χ2v) is 4.37. The molecule has 0 aliphatic rings. The summed E-state index contributed by atoms with van der Waals surface area (Å²) in [4.78, 5) is 13.2. The van der Waals surface area contributed by atoms with Crippen LogP contribution in [0.3, 0.4) is 0 Å². The van der Waals surface area contributed by atoms with Gasteiger partial charge < -0.3 is 4.90 Å². The Morgan fingerprint density at radius 2 is 2.27 bits per heavy atom. The van der Waals surface area contributed by atoms with Crippen molar-refractivity contribution in [2.24, 2.45) is 0 Å². The molecule has 1 aromatic carbocycles. The van der Waals surface area contributed by atoms with E-state index in [2.05, 4.69) is 15.9 Å². The molecule has 2 nitrogen and oxygen atoms in total. The molecule has 0 aromatic heterocycles. The zero-order chi connectivity index (χ0) is 11.4. The van der Waals surface area contributed by atoms with Crippen LogP contribution in [-0.4, -0.2) is 23.2 Å². The summed E-state index contributed by atoms with van der Waals surface area (Å²) in [6.07, 6.45) is 0. The zero-order valence-corrected chi connectivity index (χ0v) is 11.0. The molecule has 0 aliphatic carbocycles. The van der Waals surface area contributed by atoms with Crippen LogP contribution in [0.5, 0.6) is 0 Å². The van der Waals surface area contributed by atoms with Crippen LogP contribution in [-0.2, 0) is 4.79 Å². The second-order valence-electron chi connectivity index (χ2n) is 3.37. The minimum absolute atomic E-state index is 0.0359.